The lowest BCUT2D eigenvalue weighted by atomic mass is 10.2. The molecule has 0 aromatic heterocycles. The van der Waals surface area contributed by atoms with Crippen molar-refractivity contribution in [3.8, 4) is 5.75 Å². The van der Waals surface area contributed by atoms with E-state index in [-0.39, 0.29) is 13.1 Å². The fourth-order valence-electron chi connectivity index (χ4n) is 2.34. The van der Waals surface area contributed by atoms with E-state index in [1.54, 1.807) is 49.4 Å². The van der Waals surface area contributed by atoms with Crippen molar-refractivity contribution in [2.24, 2.45) is 0 Å². The van der Waals surface area contributed by atoms with Gasteiger partial charge in [0, 0.05) is 11.6 Å². The van der Waals surface area contributed by atoms with Crippen molar-refractivity contribution in [2.75, 3.05) is 23.7 Å². The molecule has 0 atom stereocenters. The highest BCUT2D eigenvalue weighted by atomic mass is 35.5. The highest BCUT2D eigenvalue weighted by Gasteiger charge is 2.23. The van der Waals surface area contributed by atoms with Gasteiger partial charge in [0.2, 0.25) is 15.9 Å². The van der Waals surface area contributed by atoms with E-state index >= 15 is 0 Å². The van der Waals surface area contributed by atoms with E-state index < -0.39 is 15.9 Å². The van der Waals surface area contributed by atoms with Gasteiger partial charge in [0.1, 0.15) is 12.3 Å². The second kappa shape index (κ2) is 8.91. The molecule has 26 heavy (non-hydrogen) atoms. The average Bonchev–Trinajstić information content (AvgIpc) is 2.59. The van der Waals surface area contributed by atoms with E-state index in [1.165, 1.54) is 0 Å². The van der Waals surface area contributed by atoms with Crippen molar-refractivity contribution in [1.29, 1.82) is 0 Å². The number of rotatable bonds is 8. The van der Waals surface area contributed by atoms with Gasteiger partial charge in [-0.1, -0.05) is 41.9 Å². The molecule has 0 spiro atoms. The number of halogens is 1. The first-order valence-electron chi connectivity index (χ1n) is 8.02. The molecule has 0 bridgehead atoms. The maximum Gasteiger partial charge on any atom is 0.241 e. The fourth-order valence-corrected chi connectivity index (χ4v) is 3.41. The number of ether oxygens (including phenoxy) is 1. The van der Waals surface area contributed by atoms with Crippen LogP contribution in [-0.2, 0) is 21.4 Å². The molecule has 0 saturated carbocycles. The first-order chi connectivity index (χ1) is 12.3. The van der Waals surface area contributed by atoms with Crippen LogP contribution in [0.25, 0.3) is 0 Å². The van der Waals surface area contributed by atoms with Crippen LogP contribution in [0.3, 0.4) is 0 Å². The van der Waals surface area contributed by atoms with Gasteiger partial charge in [0.05, 0.1) is 18.6 Å². The minimum atomic E-state index is -3.68. The number of carbonyl (C=O) groups excluding carboxylic acids is 1. The standard InChI is InChI=1S/C18H21ClN2O4S/c1-3-25-17-11-7-6-10-16(17)21(26(2,23)24)13-18(22)20-12-14-8-4-5-9-15(14)19/h4-11H,3,12-13H2,1-2H3,(H,20,22). The Labute approximate surface area is 158 Å². The van der Waals surface area contributed by atoms with Gasteiger partial charge < -0.3 is 10.1 Å². The van der Waals surface area contributed by atoms with Crippen LogP contribution < -0.4 is 14.4 Å². The highest BCUT2D eigenvalue weighted by Crippen LogP contribution is 2.29. The molecular weight excluding hydrogens is 376 g/mol. The lowest BCUT2D eigenvalue weighted by Crippen LogP contribution is -2.40. The van der Waals surface area contributed by atoms with Gasteiger partial charge in [0.25, 0.3) is 0 Å². The molecule has 0 unspecified atom stereocenters. The summed E-state index contributed by atoms with van der Waals surface area (Å²) in [5.74, 6) is -0.0408. The number of carbonyl (C=O) groups is 1. The minimum Gasteiger partial charge on any atom is -0.492 e. The predicted octanol–water partition coefficient (Wildman–Crippen LogP) is 2.82. The highest BCUT2D eigenvalue weighted by molar-refractivity contribution is 7.92. The molecule has 140 valence electrons. The summed E-state index contributed by atoms with van der Waals surface area (Å²) in [6, 6.07) is 13.8. The molecule has 0 aliphatic carbocycles. The molecule has 1 amide bonds. The number of benzene rings is 2. The van der Waals surface area contributed by atoms with Crippen LogP contribution in [0.1, 0.15) is 12.5 Å². The summed E-state index contributed by atoms with van der Waals surface area (Å²) >= 11 is 6.06. The van der Waals surface area contributed by atoms with Crippen molar-refractivity contribution in [3.05, 3.63) is 59.1 Å². The van der Waals surface area contributed by atoms with E-state index in [0.29, 0.717) is 23.1 Å². The summed E-state index contributed by atoms with van der Waals surface area (Å²) in [4.78, 5) is 12.3. The molecule has 2 rings (SSSR count). The first kappa shape index (κ1) is 20.1. The second-order valence-corrected chi connectivity index (χ2v) is 7.85. The monoisotopic (exact) mass is 396 g/mol. The smallest absolute Gasteiger partial charge is 0.241 e. The lowest BCUT2D eigenvalue weighted by molar-refractivity contribution is -0.119. The molecule has 2 aromatic rings. The average molecular weight is 397 g/mol. The maximum atomic E-state index is 12.3. The lowest BCUT2D eigenvalue weighted by Gasteiger charge is -2.24. The molecule has 1 N–H and O–H groups in total. The van der Waals surface area contributed by atoms with Gasteiger partial charge in [0.15, 0.2) is 0 Å². The molecule has 0 aliphatic rings. The normalized spacial score (nSPS) is 11.0. The van der Waals surface area contributed by atoms with Gasteiger partial charge >= 0.3 is 0 Å². The van der Waals surface area contributed by atoms with Crippen LogP contribution in [-0.4, -0.2) is 33.7 Å². The first-order valence-corrected chi connectivity index (χ1v) is 10.2. The minimum absolute atomic E-state index is 0.212. The van der Waals surface area contributed by atoms with Gasteiger partial charge in [-0.05, 0) is 30.7 Å². The Morgan fingerprint density at radius 3 is 2.46 bits per heavy atom. The zero-order valence-electron chi connectivity index (χ0n) is 14.6. The third-order valence-corrected chi connectivity index (χ3v) is 5.05. The van der Waals surface area contributed by atoms with Crippen molar-refractivity contribution in [2.45, 2.75) is 13.5 Å². The van der Waals surface area contributed by atoms with Crippen molar-refractivity contribution >= 4 is 33.2 Å². The van der Waals surface area contributed by atoms with Crippen molar-refractivity contribution < 1.29 is 17.9 Å². The topological polar surface area (TPSA) is 75.7 Å². The summed E-state index contributed by atoms with van der Waals surface area (Å²) in [6.07, 6.45) is 1.05. The number of amides is 1. The predicted molar refractivity (Wildman–Crippen MR) is 103 cm³/mol. The Balaban J connectivity index is 2.16. The Kier molecular flexibility index (Phi) is 6.88. The Morgan fingerprint density at radius 2 is 1.81 bits per heavy atom. The summed E-state index contributed by atoms with van der Waals surface area (Å²) in [7, 11) is -3.68. The Hall–Kier alpha value is -2.25. The summed E-state index contributed by atoms with van der Waals surface area (Å²) in [5.41, 5.74) is 1.08. The van der Waals surface area contributed by atoms with E-state index in [9.17, 15) is 13.2 Å². The molecule has 0 fully saturated rings. The second-order valence-electron chi connectivity index (χ2n) is 5.54. The summed E-state index contributed by atoms with van der Waals surface area (Å²) in [6.45, 7) is 2.04. The Morgan fingerprint density at radius 1 is 1.15 bits per heavy atom. The number of hydrogen-bond acceptors (Lipinski definition) is 4. The van der Waals surface area contributed by atoms with Gasteiger partial charge in [-0.25, -0.2) is 8.42 Å². The van der Waals surface area contributed by atoms with Crippen LogP contribution >= 0.6 is 11.6 Å². The van der Waals surface area contributed by atoms with E-state index in [2.05, 4.69) is 5.32 Å². The van der Waals surface area contributed by atoms with Crippen LogP contribution in [0.4, 0.5) is 5.69 Å². The number of nitrogens with zero attached hydrogens (tertiary/aromatic N) is 1. The third kappa shape index (κ3) is 5.37. The number of anilines is 1. The van der Waals surface area contributed by atoms with Gasteiger partial charge in [-0.15, -0.1) is 0 Å². The zero-order chi connectivity index (χ0) is 19.2. The Bertz CT molecular complexity index is 871. The van der Waals surface area contributed by atoms with E-state index in [1.807, 2.05) is 6.07 Å². The van der Waals surface area contributed by atoms with Crippen molar-refractivity contribution in [1.82, 2.24) is 5.32 Å². The van der Waals surface area contributed by atoms with Crippen LogP contribution in [0.2, 0.25) is 5.02 Å². The summed E-state index contributed by atoms with van der Waals surface area (Å²) < 4.78 is 31.0. The largest absolute Gasteiger partial charge is 0.492 e. The van der Waals surface area contributed by atoms with Crippen LogP contribution in [0, 0.1) is 0 Å². The molecule has 0 saturated heterocycles. The SMILES string of the molecule is CCOc1ccccc1N(CC(=O)NCc1ccccc1Cl)S(C)(=O)=O. The molecule has 0 heterocycles. The van der Waals surface area contributed by atoms with E-state index in [4.69, 9.17) is 16.3 Å². The molecule has 0 aliphatic heterocycles. The van der Waals surface area contributed by atoms with E-state index in [0.717, 1.165) is 16.1 Å². The number of nitrogens with one attached hydrogen (secondary N) is 1. The number of para-hydroxylation sites is 2. The summed E-state index contributed by atoms with van der Waals surface area (Å²) in [5, 5.41) is 3.23. The molecule has 0 radical (unpaired) electrons. The molecular formula is C18H21ClN2O4S. The van der Waals surface area contributed by atoms with Crippen LogP contribution in [0.15, 0.2) is 48.5 Å². The van der Waals surface area contributed by atoms with Gasteiger partial charge in [-0.3, -0.25) is 9.10 Å². The quantitative estimate of drug-likeness (QED) is 0.744. The number of hydrogen-bond donors (Lipinski definition) is 1. The number of sulfonamides is 1. The molecule has 8 heteroatoms. The molecule has 6 nitrogen and oxygen atoms in total. The third-order valence-electron chi connectivity index (χ3n) is 3.56. The van der Waals surface area contributed by atoms with Crippen LogP contribution in [0.5, 0.6) is 5.75 Å². The fraction of sp³-hybridized carbons (Fsp3) is 0.278. The van der Waals surface area contributed by atoms with Gasteiger partial charge in [-0.2, -0.15) is 0 Å². The van der Waals surface area contributed by atoms with Crippen molar-refractivity contribution in [3.63, 3.8) is 0 Å². The molecule has 2 aromatic carbocycles. The maximum absolute atomic E-state index is 12.3. The zero-order valence-corrected chi connectivity index (χ0v) is 16.2.